The number of ether oxygens (including phenoxy) is 1. The third-order valence-electron chi connectivity index (χ3n) is 4.12. The minimum Gasteiger partial charge on any atom is -0.492 e. The lowest BCUT2D eigenvalue weighted by atomic mass is 9.98. The van der Waals surface area contributed by atoms with Crippen LogP contribution in [0.4, 0.5) is 13.2 Å². The van der Waals surface area contributed by atoms with E-state index in [0.717, 1.165) is 39.7 Å². The van der Waals surface area contributed by atoms with Crippen molar-refractivity contribution in [2.75, 3.05) is 12.4 Å². The maximum atomic E-state index is 12.8. The third-order valence-corrected chi connectivity index (χ3v) is 5.12. The van der Waals surface area contributed by atoms with Crippen LogP contribution < -0.4 is 4.74 Å². The normalized spacial score (nSPS) is 13.7. The van der Waals surface area contributed by atoms with Crippen molar-refractivity contribution >= 4 is 23.1 Å². The van der Waals surface area contributed by atoms with Gasteiger partial charge in [-0.25, -0.2) is 0 Å². The van der Waals surface area contributed by atoms with Crippen LogP contribution in [0.1, 0.15) is 34.3 Å². The second kappa shape index (κ2) is 7.58. The van der Waals surface area contributed by atoms with Gasteiger partial charge in [-0.3, -0.25) is 4.79 Å². The fourth-order valence-electron chi connectivity index (χ4n) is 2.69. The van der Waals surface area contributed by atoms with Crippen LogP contribution in [0, 0.1) is 0 Å². The molecule has 0 saturated carbocycles. The predicted molar refractivity (Wildman–Crippen MR) is 96.7 cm³/mol. The van der Waals surface area contributed by atoms with Gasteiger partial charge in [-0.2, -0.15) is 13.2 Å². The number of rotatable bonds is 5. The van der Waals surface area contributed by atoms with Crippen LogP contribution in [0.25, 0.3) is 5.57 Å². The Hall–Kier alpha value is -2.21. The van der Waals surface area contributed by atoms with Crippen molar-refractivity contribution < 1.29 is 22.7 Å². The summed E-state index contributed by atoms with van der Waals surface area (Å²) in [6, 6.07) is 10.3. The molecule has 6 heteroatoms. The van der Waals surface area contributed by atoms with E-state index in [2.05, 4.69) is 6.58 Å². The van der Waals surface area contributed by atoms with Gasteiger partial charge in [0.25, 0.3) is 0 Å². The lowest BCUT2D eigenvalue weighted by Gasteiger charge is -2.18. The first kappa shape index (κ1) is 18.6. The number of fused-ring (bicyclic) bond motifs is 1. The number of alkyl halides is 3. The van der Waals surface area contributed by atoms with Gasteiger partial charge in [-0.15, -0.1) is 11.8 Å². The van der Waals surface area contributed by atoms with Crippen LogP contribution in [-0.2, 0) is 6.18 Å². The molecule has 0 fully saturated rings. The smallest absolute Gasteiger partial charge is 0.416 e. The molecule has 2 aromatic carbocycles. The van der Waals surface area contributed by atoms with Gasteiger partial charge in [0.1, 0.15) is 5.75 Å². The highest BCUT2D eigenvalue weighted by Crippen LogP contribution is 2.36. The largest absolute Gasteiger partial charge is 0.492 e. The average Bonchev–Trinajstić information content (AvgIpc) is 2.64. The summed E-state index contributed by atoms with van der Waals surface area (Å²) < 4.78 is 43.9. The second-order valence-electron chi connectivity index (χ2n) is 5.96. The van der Waals surface area contributed by atoms with Crippen LogP contribution in [0.2, 0.25) is 0 Å². The van der Waals surface area contributed by atoms with E-state index < -0.39 is 11.7 Å². The van der Waals surface area contributed by atoms with Crippen LogP contribution in [-0.4, -0.2) is 18.1 Å². The molecule has 1 heterocycles. The standard InChI is InChI=1S/C20H17F3O2S/c1-13(14-6-8-18-19(12-14)26-10-9-25-18)5-7-17(24)15-3-2-4-16(11-15)20(21,22)23/h2-4,6,8,11-12H,1,5,7,9-10H2. The summed E-state index contributed by atoms with van der Waals surface area (Å²) in [4.78, 5) is 13.3. The number of allylic oxidation sites excluding steroid dienone is 1. The van der Waals surface area contributed by atoms with Crippen LogP contribution in [0.5, 0.6) is 5.75 Å². The number of Topliss-reactive ketones (excluding diaryl/α,β-unsaturated/α-hetero) is 1. The third kappa shape index (κ3) is 4.30. The molecule has 0 bridgehead atoms. The molecule has 3 rings (SSSR count). The zero-order valence-electron chi connectivity index (χ0n) is 13.9. The number of halogens is 3. The molecular formula is C20H17F3O2S. The highest BCUT2D eigenvalue weighted by molar-refractivity contribution is 7.99. The van der Waals surface area contributed by atoms with Crippen molar-refractivity contribution in [2.24, 2.45) is 0 Å². The maximum Gasteiger partial charge on any atom is 0.416 e. The van der Waals surface area contributed by atoms with Crippen molar-refractivity contribution in [2.45, 2.75) is 23.9 Å². The summed E-state index contributed by atoms with van der Waals surface area (Å²) in [5.41, 5.74) is 0.953. The van der Waals surface area contributed by atoms with Gasteiger partial charge < -0.3 is 4.74 Å². The molecule has 1 aliphatic heterocycles. The number of thioether (sulfide) groups is 1. The summed E-state index contributed by atoms with van der Waals surface area (Å²) in [5, 5.41) is 0. The van der Waals surface area contributed by atoms with Crippen molar-refractivity contribution in [3.05, 3.63) is 65.7 Å². The zero-order valence-corrected chi connectivity index (χ0v) is 14.8. The second-order valence-corrected chi connectivity index (χ2v) is 7.10. The first-order chi connectivity index (χ1) is 12.3. The molecule has 0 N–H and O–H groups in total. The minimum atomic E-state index is -4.46. The predicted octanol–water partition coefficient (Wildman–Crippen LogP) is 5.87. The van der Waals surface area contributed by atoms with Gasteiger partial charge in [-0.1, -0.05) is 24.8 Å². The van der Waals surface area contributed by atoms with Crippen molar-refractivity contribution in [3.63, 3.8) is 0 Å². The quantitative estimate of drug-likeness (QED) is 0.609. The van der Waals surface area contributed by atoms with Crippen molar-refractivity contribution in [1.29, 1.82) is 0 Å². The SMILES string of the molecule is C=C(CCC(=O)c1cccc(C(F)(F)F)c1)c1ccc2c(c1)SCCO2. The summed E-state index contributed by atoms with van der Waals surface area (Å²) in [6.45, 7) is 4.70. The molecule has 0 saturated heterocycles. The molecule has 0 amide bonds. The Morgan fingerprint density at radius 2 is 1.92 bits per heavy atom. The average molecular weight is 378 g/mol. The number of carbonyl (C=O) groups excluding carboxylic acids is 1. The molecule has 0 spiro atoms. The van der Waals surface area contributed by atoms with Crippen molar-refractivity contribution in [1.82, 2.24) is 0 Å². The van der Waals surface area contributed by atoms with E-state index in [9.17, 15) is 18.0 Å². The molecule has 0 aromatic heterocycles. The molecule has 1 aliphatic rings. The van der Waals surface area contributed by atoms with Gasteiger partial charge in [0, 0.05) is 17.7 Å². The van der Waals surface area contributed by atoms with E-state index in [0.29, 0.717) is 13.0 Å². The molecule has 2 nitrogen and oxygen atoms in total. The molecular weight excluding hydrogens is 361 g/mol. The fourth-order valence-corrected chi connectivity index (χ4v) is 3.55. The maximum absolute atomic E-state index is 12.8. The Morgan fingerprint density at radius 1 is 1.12 bits per heavy atom. The van der Waals surface area contributed by atoms with E-state index >= 15 is 0 Å². The molecule has 0 unspecified atom stereocenters. The van der Waals surface area contributed by atoms with E-state index in [1.54, 1.807) is 11.8 Å². The van der Waals surface area contributed by atoms with E-state index in [1.165, 1.54) is 12.1 Å². The Kier molecular flexibility index (Phi) is 5.41. The lowest BCUT2D eigenvalue weighted by Crippen LogP contribution is -2.08. The molecule has 2 aromatic rings. The van der Waals surface area contributed by atoms with Gasteiger partial charge in [0.05, 0.1) is 17.1 Å². The minimum absolute atomic E-state index is 0.0713. The molecule has 0 atom stereocenters. The molecule has 0 radical (unpaired) electrons. The summed E-state index contributed by atoms with van der Waals surface area (Å²) in [6.07, 6.45) is -3.96. The summed E-state index contributed by atoms with van der Waals surface area (Å²) in [7, 11) is 0. The van der Waals surface area contributed by atoms with Crippen molar-refractivity contribution in [3.8, 4) is 5.75 Å². The Morgan fingerprint density at radius 3 is 2.69 bits per heavy atom. The van der Waals surface area contributed by atoms with E-state index in [4.69, 9.17) is 4.74 Å². The topological polar surface area (TPSA) is 26.3 Å². The number of carbonyl (C=O) groups is 1. The number of hydrogen-bond donors (Lipinski definition) is 0. The Balaban J connectivity index is 1.65. The van der Waals surface area contributed by atoms with E-state index in [-0.39, 0.29) is 17.8 Å². The zero-order chi connectivity index (χ0) is 18.7. The number of hydrogen-bond acceptors (Lipinski definition) is 3. The highest BCUT2D eigenvalue weighted by atomic mass is 32.2. The van der Waals surface area contributed by atoms with E-state index in [1.807, 2.05) is 18.2 Å². The molecule has 136 valence electrons. The number of benzene rings is 2. The molecule has 26 heavy (non-hydrogen) atoms. The van der Waals surface area contributed by atoms with Gasteiger partial charge in [-0.05, 0) is 41.8 Å². The fraction of sp³-hybridized carbons (Fsp3) is 0.250. The molecule has 0 aliphatic carbocycles. The van der Waals surface area contributed by atoms with Crippen LogP contribution in [0.3, 0.4) is 0 Å². The Bertz CT molecular complexity index is 843. The number of ketones is 1. The van der Waals surface area contributed by atoms with Crippen LogP contribution in [0.15, 0.2) is 53.9 Å². The first-order valence-corrected chi connectivity index (χ1v) is 9.11. The van der Waals surface area contributed by atoms with Crippen LogP contribution >= 0.6 is 11.8 Å². The summed E-state index contributed by atoms with van der Waals surface area (Å²) in [5.74, 6) is 1.41. The monoisotopic (exact) mass is 378 g/mol. The first-order valence-electron chi connectivity index (χ1n) is 8.13. The van der Waals surface area contributed by atoms with Gasteiger partial charge >= 0.3 is 6.18 Å². The summed E-state index contributed by atoms with van der Waals surface area (Å²) >= 11 is 1.71. The van der Waals surface area contributed by atoms with Gasteiger partial charge in [0.2, 0.25) is 0 Å². The van der Waals surface area contributed by atoms with Gasteiger partial charge in [0.15, 0.2) is 5.78 Å². The Labute approximate surface area is 154 Å². The highest BCUT2D eigenvalue weighted by Gasteiger charge is 2.30. The lowest BCUT2D eigenvalue weighted by molar-refractivity contribution is -0.137.